The van der Waals surface area contributed by atoms with Crippen LogP contribution in [0.1, 0.15) is 0 Å². The van der Waals surface area contributed by atoms with Gasteiger partial charge in [-0.25, -0.2) is 0 Å². The molecule has 6 heteroatoms. The Bertz CT molecular complexity index is 652. The predicted octanol–water partition coefficient (Wildman–Crippen LogP) is 1.33. The number of aromatic nitrogens is 4. The standard InChI is InChI=1S/C9H6N4SSe/c14-9-7-3-1-2-4-8(7)15-13(9)12-5-10-11-6-12/h1-6H. The van der Waals surface area contributed by atoms with Crippen LogP contribution in [0.25, 0.3) is 9.65 Å². The van der Waals surface area contributed by atoms with Crippen molar-refractivity contribution in [3.05, 3.63) is 41.6 Å². The van der Waals surface area contributed by atoms with Gasteiger partial charge in [-0.15, -0.1) is 0 Å². The van der Waals surface area contributed by atoms with Crippen molar-refractivity contribution in [2.45, 2.75) is 0 Å². The Labute approximate surface area is 96.7 Å². The van der Waals surface area contributed by atoms with E-state index in [0.717, 1.165) is 10.0 Å². The van der Waals surface area contributed by atoms with Crippen molar-refractivity contribution in [1.82, 2.24) is 18.5 Å². The first-order chi connectivity index (χ1) is 7.36. The van der Waals surface area contributed by atoms with Crippen LogP contribution < -0.4 is 0 Å². The van der Waals surface area contributed by atoms with Gasteiger partial charge in [0.25, 0.3) is 0 Å². The predicted molar refractivity (Wildman–Crippen MR) is 60.5 cm³/mol. The fourth-order valence-electron chi connectivity index (χ4n) is 1.40. The number of fused-ring (bicyclic) bond motifs is 1. The van der Waals surface area contributed by atoms with Gasteiger partial charge >= 0.3 is 96.7 Å². The van der Waals surface area contributed by atoms with E-state index in [-0.39, 0.29) is 14.7 Å². The molecule has 0 aliphatic carbocycles. The molecular weight excluding hydrogens is 275 g/mol. The molecule has 2 heterocycles. The monoisotopic (exact) mass is 282 g/mol. The quantitative estimate of drug-likeness (QED) is 0.498. The fourth-order valence-corrected chi connectivity index (χ4v) is 4.00. The van der Waals surface area contributed by atoms with Gasteiger partial charge in [0, 0.05) is 0 Å². The molecule has 0 N–H and O–H groups in total. The van der Waals surface area contributed by atoms with E-state index in [0.29, 0.717) is 0 Å². The molecule has 2 aromatic heterocycles. The molecule has 3 aromatic rings. The Hall–Kier alpha value is -1.23. The van der Waals surface area contributed by atoms with Crippen molar-refractivity contribution in [3.8, 4) is 0 Å². The molecule has 0 amide bonds. The average molecular weight is 281 g/mol. The summed E-state index contributed by atoms with van der Waals surface area (Å²) < 4.78 is 6.03. The first-order valence-electron chi connectivity index (χ1n) is 4.32. The van der Waals surface area contributed by atoms with Crippen LogP contribution in [-0.2, 0) is 0 Å². The summed E-state index contributed by atoms with van der Waals surface area (Å²) in [6, 6.07) is 8.23. The molecule has 3 rings (SSSR count). The SMILES string of the molecule is S=c1c2ccccc2[se]n1-n1cnnc1. The van der Waals surface area contributed by atoms with Crippen LogP contribution in [-0.4, -0.2) is 33.3 Å². The zero-order chi connectivity index (χ0) is 10.3. The molecule has 0 spiro atoms. The van der Waals surface area contributed by atoms with Gasteiger partial charge in [0.2, 0.25) is 0 Å². The summed E-state index contributed by atoms with van der Waals surface area (Å²) in [6.07, 6.45) is 3.33. The van der Waals surface area contributed by atoms with E-state index in [1.807, 2.05) is 20.5 Å². The summed E-state index contributed by atoms with van der Waals surface area (Å²) >= 11 is 5.60. The first kappa shape index (κ1) is 9.03. The number of rotatable bonds is 1. The summed E-state index contributed by atoms with van der Waals surface area (Å²) in [7, 11) is 0. The molecule has 1 aromatic carbocycles. The van der Waals surface area contributed by atoms with Gasteiger partial charge in [-0.2, -0.15) is 0 Å². The second-order valence-electron chi connectivity index (χ2n) is 3.01. The Kier molecular flexibility index (Phi) is 2.05. The minimum atomic E-state index is 0.191. The van der Waals surface area contributed by atoms with Crippen LogP contribution in [0.15, 0.2) is 36.9 Å². The van der Waals surface area contributed by atoms with Gasteiger partial charge in [-0.3, -0.25) is 0 Å². The molecule has 74 valence electrons. The summed E-state index contributed by atoms with van der Waals surface area (Å²) in [5, 5.41) is 8.73. The third-order valence-corrected chi connectivity index (χ3v) is 5.05. The Balaban J connectivity index is 2.38. The molecule has 0 radical (unpaired) electrons. The fraction of sp³-hybridized carbons (Fsp3) is 0. The second kappa shape index (κ2) is 3.41. The Morgan fingerprint density at radius 2 is 1.87 bits per heavy atom. The van der Waals surface area contributed by atoms with Crippen molar-refractivity contribution >= 4 is 36.6 Å². The molecule has 0 aliphatic rings. The van der Waals surface area contributed by atoms with Gasteiger partial charge in [-0.1, -0.05) is 0 Å². The number of hydrogen-bond donors (Lipinski definition) is 0. The number of hydrogen-bond acceptors (Lipinski definition) is 3. The molecule has 0 bridgehead atoms. The number of nitrogens with zero attached hydrogens (tertiary/aromatic N) is 4. The van der Waals surface area contributed by atoms with Gasteiger partial charge in [0.1, 0.15) is 0 Å². The molecule has 0 saturated carbocycles. The molecule has 0 saturated heterocycles. The van der Waals surface area contributed by atoms with Crippen molar-refractivity contribution in [2.24, 2.45) is 0 Å². The van der Waals surface area contributed by atoms with Crippen LogP contribution in [0.3, 0.4) is 0 Å². The van der Waals surface area contributed by atoms with E-state index < -0.39 is 0 Å². The summed E-state index contributed by atoms with van der Waals surface area (Å²) in [5.74, 6) is 0. The second-order valence-corrected chi connectivity index (χ2v) is 5.43. The summed E-state index contributed by atoms with van der Waals surface area (Å²) in [5.41, 5.74) is 0. The van der Waals surface area contributed by atoms with E-state index in [2.05, 4.69) is 22.3 Å². The topological polar surface area (TPSA) is 35.6 Å². The van der Waals surface area contributed by atoms with Crippen molar-refractivity contribution in [3.63, 3.8) is 0 Å². The molecule has 4 nitrogen and oxygen atoms in total. The Morgan fingerprint density at radius 1 is 1.13 bits per heavy atom. The van der Waals surface area contributed by atoms with Crippen molar-refractivity contribution in [2.75, 3.05) is 0 Å². The molecule has 0 fully saturated rings. The minimum absolute atomic E-state index is 0.191. The van der Waals surface area contributed by atoms with Crippen LogP contribution in [0, 0.1) is 4.64 Å². The van der Waals surface area contributed by atoms with E-state index in [1.165, 1.54) is 4.26 Å². The van der Waals surface area contributed by atoms with E-state index in [1.54, 1.807) is 12.7 Å². The van der Waals surface area contributed by atoms with Crippen LogP contribution in [0.4, 0.5) is 0 Å². The van der Waals surface area contributed by atoms with Crippen LogP contribution in [0.5, 0.6) is 0 Å². The van der Waals surface area contributed by atoms with Gasteiger partial charge in [-0.05, 0) is 0 Å². The molecule has 0 unspecified atom stereocenters. The summed E-state index contributed by atoms with van der Waals surface area (Å²) in [6.45, 7) is 0. The third-order valence-electron chi connectivity index (χ3n) is 2.09. The maximum atomic E-state index is 5.41. The Morgan fingerprint density at radius 3 is 2.60 bits per heavy atom. The van der Waals surface area contributed by atoms with Crippen molar-refractivity contribution < 1.29 is 0 Å². The molecular formula is C9H6N4SSe. The van der Waals surface area contributed by atoms with Crippen LogP contribution >= 0.6 is 12.2 Å². The molecule has 15 heavy (non-hydrogen) atoms. The molecule has 0 atom stereocenters. The van der Waals surface area contributed by atoms with Gasteiger partial charge in [0.15, 0.2) is 0 Å². The van der Waals surface area contributed by atoms with E-state index >= 15 is 0 Å². The zero-order valence-corrected chi connectivity index (χ0v) is 10.1. The van der Waals surface area contributed by atoms with Crippen molar-refractivity contribution in [1.29, 1.82) is 0 Å². The average Bonchev–Trinajstić information content (AvgIpc) is 2.87. The normalized spacial score (nSPS) is 10.9. The molecule has 0 aliphatic heterocycles. The number of benzene rings is 1. The van der Waals surface area contributed by atoms with E-state index in [9.17, 15) is 0 Å². The van der Waals surface area contributed by atoms with E-state index in [4.69, 9.17) is 12.2 Å². The third kappa shape index (κ3) is 1.38. The van der Waals surface area contributed by atoms with Gasteiger partial charge in [0.05, 0.1) is 0 Å². The van der Waals surface area contributed by atoms with Gasteiger partial charge < -0.3 is 0 Å². The maximum absolute atomic E-state index is 5.41. The summed E-state index contributed by atoms with van der Waals surface area (Å²) in [4.78, 5) is 0. The first-order valence-corrected chi connectivity index (χ1v) is 6.36. The zero-order valence-electron chi connectivity index (χ0n) is 7.57. The van der Waals surface area contributed by atoms with Crippen LogP contribution in [0.2, 0.25) is 0 Å².